The molecule has 0 saturated heterocycles. The van der Waals surface area contributed by atoms with Gasteiger partial charge in [0.1, 0.15) is 11.3 Å². The molecule has 3 rings (SSSR count). The molecule has 0 saturated carbocycles. The Morgan fingerprint density at radius 2 is 2.07 bits per heavy atom. The van der Waals surface area contributed by atoms with Gasteiger partial charge in [0.05, 0.1) is 0 Å². The van der Waals surface area contributed by atoms with E-state index in [9.17, 15) is 0 Å². The van der Waals surface area contributed by atoms with Crippen LogP contribution in [-0.4, -0.2) is 0 Å². The molecule has 0 atom stereocenters. The molecule has 1 heterocycles. The Hall–Kier alpha value is -1.24. The van der Waals surface area contributed by atoms with Crippen molar-refractivity contribution in [2.24, 2.45) is 0 Å². The van der Waals surface area contributed by atoms with Crippen molar-refractivity contribution in [3.05, 3.63) is 35.1 Å². The fourth-order valence-electron chi connectivity index (χ4n) is 2.53. The van der Waals surface area contributed by atoms with Crippen molar-refractivity contribution in [1.82, 2.24) is 0 Å². The van der Waals surface area contributed by atoms with Crippen LogP contribution in [0.1, 0.15) is 36.7 Å². The van der Waals surface area contributed by atoms with E-state index in [1.807, 2.05) is 0 Å². The molecule has 1 heteroatoms. The molecule has 1 aromatic carbocycles. The molecule has 1 nitrogen and oxygen atoms in total. The summed E-state index contributed by atoms with van der Waals surface area (Å²) in [5.41, 5.74) is 3.97. The molecular formula is C14H16O. The highest BCUT2D eigenvalue weighted by molar-refractivity contribution is 5.83. The van der Waals surface area contributed by atoms with Crippen molar-refractivity contribution in [3.8, 4) is 0 Å². The molecule has 0 radical (unpaired) electrons. The van der Waals surface area contributed by atoms with Gasteiger partial charge in [0.15, 0.2) is 0 Å². The lowest BCUT2D eigenvalue weighted by Crippen LogP contribution is -1.98. The summed E-state index contributed by atoms with van der Waals surface area (Å²) < 4.78 is 5.89. The first kappa shape index (κ1) is 9.02. The Morgan fingerprint density at radius 3 is 2.93 bits per heavy atom. The van der Waals surface area contributed by atoms with Crippen molar-refractivity contribution < 1.29 is 4.42 Å². The predicted octanol–water partition coefficient (Wildman–Crippen LogP) is 3.87. The fourth-order valence-corrected chi connectivity index (χ4v) is 2.53. The standard InChI is InChI=1S/C14H16O/c1-2-10-7-8-14-12(9-10)11-5-3-4-6-13(11)15-14/h7-9H,2-6H2,1H3. The van der Waals surface area contributed by atoms with Crippen LogP contribution in [0.25, 0.3) is 11.0 Å². The molecule has 0 unspecified atom stereocenters. The molecule has 0 amide bonds. The van der Waals surface area contributed by atoms with Gasteiger partial charge in [0.2, 0.25) is 0 Å². The summed E-state index contributed by atoms with van der Waals surface area (Å²) in [5.74, 6) is 1.24. The number of rotatable bonds is 1. The van der Waals surface area contributed by atoms with Crippen LogP contribution < -0.4 is 0 Å². The fraction of sp³-hybridized carbons (Fsp3) is 0.429. The van der Waals surface area contributed by atoms with Gasteiger partial charge in [-0.2, -0.15) is 0 Å². The van der Waals surface area contributed by atoms with E-state index in [1.165, 1.54) is 41.5 Å². The summed E-state index contributed by atoms with van der Waals surface area (Å²) in [4.78, 5) is 0. The minimum Gasteiger partial charge on any atom is -0.461 e. The van der Waals surface area contributed by atoms with Crippen LogP contribution in [0.4, 0.5) is 0 Å². The normalized spacial score (nSPS) is 15.5. The van der Waals surface area contributed by atoms with Crippen LogP contribution in [0.3, 0.4) is 0 Å². The Morgan fingerprint density at radius 1 is 1.20 bits per heavy atom. The minimum absolute atomic E-state index is 1.08. The molecule has 1 aliphatic rings. The highest BCUT2D eigenvalue weighted by atomic mass is 16.3. The van der Waals surface area contributed by atoms with E-state index in [-0.39, 0.29) is 0 Å². The van der Waals surface area contributed by atoms with E-state index in [0.717, 1.165) is 18.4 Å². The van der Waals surface area contributed by atoms with Crippen molar-refractivity contribution in [3.63, 3.8) is 0 Å². The van der Waals surface area contributed by atoms with Gasteiger partial charge < -0.3 is 4.42 Å². The van der Waals surface area contributed by atoms with Crippen molar-refractivity contribution >= 4 is 11.0 Å². The maximum absolute atomic E-state index is 5.89. The molecule has 0 aliphatic heterocycles. The van der Waals surface area contributed by atoms with Crippen molar-refractivity contribution in [2.75, 3.05) is 0 Å². The third kappa shape index (κ3) is 1.38. The Bertz CT molecular complexity index is 493. The zero-order valence-corrected chi connectivity index (χ0v) is 9.18. The third-order valence-electron chi connectivity index (χ3n) is 3.43. The first-order valence-corrected chi connectivity index (χ1v) is 5.91. The second-order valence-corrected chi connectivity index (χ2v) is 4.39. The number of benzene rings is 1. The highest BCUT2D eigenvalue weighted by Crippen LogP contribution is 2.32. The molecular weight excluding hydrogens is 184 g/mol. The Labute approximate surface area is 90.1 Å². The van der Waals surface area contributed by atoms with Crippen LogP contribution in [0.2, 0.25) is 0 Å². The summed E-state index contributed by atoms with van der Waals surface area (Å²) in [5, 5.41) is 1.36. The lowest BCUT2D eigenvalue weighted by molar-refractivity contribution is 0.506. The zero-order chi connectivity index (χ0) is 10.3. The van der Waals surface area contributed by atoms with Crippen LogP contribution in [-0.2, 0) is 19.3 Å². The van der Waals surface area contributed by atoms with Crippen LogP contribution in [0.5, 0.6) is 0 Å². The Kier molecular flexibility index (Phi) is 2.05. The van der Waals surface area contributed by atoms with Crippen LogP contribution in [0, 0.1) is 0 Å². The van der Waals surface area contributed by atoms with Crippen molar-refractivity contribution in [1.29, 1.82) is 0 Å². The summed E-state index contributed by atoms with van der Waals surface area (Å²) in [6.07, 6.45) is 6.04. The number of hydrogen-bond donors (Lipinski definition) is 0. The number of fused-ring (bicyclic) bond motifs is 3. The molecule has 0 spiro atoms. The number of hydrogen-bond acceptors (Lipinski definition) is 1. The van der Waals surface area contributed by atoms with E-state index < -0.39 is 0 Å². The molecule has 1 aromatic heterocycles. The lowest BCUT2D eigenvalue weighted by Gasteiger charge is -2.08. The predicted molar refractivity (Wildman–Crippen MR) is 62.2 cm³/mol. The molecule has 15 heavy (non-hydrogen) atoms. The minimum atomic E-state index is 1.08. The first-order chi connectivity index (χ1) is 7.38. The lowest BCUT2D eigenvalue weighted by atomic mass is 9.95. The van der Waals surface area contributed by atoms with E-state index >= 15 is 0 Å². The number of furan rings is 1. The maximum atomic E-state index is 5.89. The molecule has 0 fully saturated rings. The smallest absolute Gasteiger partial charge is 0.134 e. The van der Waals surface area contributed by atoms with Crippen molar-refractivity contribution in [2.45, 2.75) is 39.0 Å². The summed E-state index contributed by atoms with van der Waals surface area (Å²) in [6, 6.07) is 6.62. The van der Waals surface area contributed by atoms with Gasteiger partial charge in [-0.15, -0.1) is 0 Å². The van der Waals surface area contributed by atoms with Gasteiger partial charge in [0.25, 0.3) is 0 Å². The van der Waals surface area contributed by atoms with Gasteiger partial charge in [-0.1, -0.05) is 13.0 Å². The van der Waals surface area contributed by atoms with Crippen LogP contribution >= 0.6 is 0 Å². The van der Waals surface area contributed by atoms with Gasteiger partial charge in [-0.25, -0.2) is 0 Å². The summed E-state index contributed by atoms with van der Waals surface area (Å²) in [6.45, 7) is 2.20. The topological polar surface area (TPSA) is 13.1 Å². The number of aryl methyl sites for hydroxylation is 3. The Balaban J connectivity index is 2.24. The van der Waals surface area contributed by atoms with Gasteiger partial charge in [-0.05, 0) is 43.4 Å². The second kappa shape index (κ2) is 3.41. The van der Waals surface area contributed by atoms with E-state index in [2.05, 4.69) is 25.1 Å². The van der Waals surface area contributed by atoms with E-state index in [0.29, 0.717) is 0 Å². The zero-order valence-electron chi connectivity index (χ0n) is 9.18. The molecule has 78 valence electrons. The third-order valence-corrected chi connectivity index (χ3v) is 3.43. The maximum Gasteiger partial charge on any atom is 0.134 e. The molecule has 0 bridgehead atoms. The van der Waals surface area contributed by atoms with Gasteiger partial charge in [-0.3, -0.25) is 0 Å². The van der Waals surface area contributed by atoms with Gasteiger partial charge in [0, 0.05) is 17.4 Å². The SMILES string of the molecule is CCc1ccc2oc3c(c2c1)CCCC3. The quantitative estimate of drug-likeness (QED) is 0.681. The first-order valence-electron chi connectivity index (χ1n) is 5.91. The van der Waals surface area contributed by atoms with Crippen LogP contribution in [0.15, 0.2) is 22.6 Å². The molecule has 1 aliphatic carbocycles. The monoisotopic (exact) mass is 200 g/mol. The second-order valence-electron chi connectivity index (χ2n) is 4.39. The summed E-state index contributed by atoms with van der Waals surface area (Å²) >= 11 is 0. The average molecular weight is 200 g/mol. The van der Waals surface area contributed by atoms with E-state index in [4.69, 9.17) is 4.42 Å². The van der Waals surface area contributed by atoms with E-state index in [1.54, 1.807) is 0 Å². The average Bonchev–Trinajstić information content (AvgIpc) is 2.66. The highest BCUT2D eigenvalue weighted by Gasteiger charge is 2.17. The molecule has 2 aromatic rings. The largest absolute Gasteiger partial charge is 0.461 e. The molecule has 0 N–H and O–H groups in total. The van der Waals surface area contributed by atoms with Gasteiger partial charge >= 0.3 is 0 Å². The summed E-state index contributed by atoms with van der Waals surface area (Å²) in [7, 11) is 0.